The zero-order valence-corrected chi connectivity index (χ0v) is 10.1. The van der Waals surface area contributed by atoms with Crippen LogP contribution in [0.2, 0.25) is 0 Å². The number of carbonyl (C=O) groups excluding carboxylic acids is 1. The normalized spacial score (nSPS) is 10.6. The van der Waals surface area contributed by atoms with Crippen LogP contribution in [0.3, 0.4) is 0 Å². The largest absolute Gasteiger partial charge is 0.444 e. The minimum absolute atomic E-state index is 0.199. The maximum atomic E-state index is 11.4. The Balaban J connectivity index is 2.41. The molecule has 1 rings (SSSR count). The SMILES string of the molecule is C=C/C=C(/N)C(=C)NC(=O)OCc1ccccc1. The van der Waals surface area contributed by atoms with Crippen molar-refractivity contribution in [2.45, 2.75) is 6.61 Å². The van der Waals surface area contributed by atoms with Gasteiger partial charge in [-0.1, -0.05) is 49.6 Å². The first-order chi connectivity index (χ1) is 8.63. The minimum atomic E-state index is -0.593. The molecule has 1 aromatic rings. The number of allylic oxidation sites excluding steroid dienone is 2. The van der Waals surface area contributed by atoms with Gasteiger partial charge in [0.15, 0.2) is 0 Å². The van der Waals surface area contributed by atoms with Crippen molar-refractivity contribution < 1.29 is 9.53 Å². The fourth-order valence-corrected chi connectivity index (χ4v) is 1.18. The molecule has 0 atom stereocenters. The predicted octanol–water partition coefficient (Wildman–Crippen LogP) is 2.46. The van der Waals surface area contributed by atoms with Crippen molar-refractivity contribution in [3.63, 3.8) is 0 Å². The standard InChI is InChI=1S/C14H16N2O2/c1-3-7-13(15)11(2)16-14(17)18-10-12-8-5-4-6-9-12/h3-9H,1-2,10,15H2,(H,16,17)/b13-7+. The molecule has 18 heavy (non-hydrogen) atoms. The van der Waals surface area contributed by atoms with Crippen molar-refractivity contribution >= 4 is 6.09 Å². The Labute approximate surface area is 106 Å². The average molecular weight is 244 g/mol. The van der Waals surface area contributed by atoms with Gasteiger partial charge in [-0.3, -0.25) is 5.32 Å². The van der Waals surface area contributed by atoms with E-state index in [9.17, 15) is 4.79 Å². The van der Waals surface area contributed by atoms with Crippen molar-refractivity contribution in [2.24, 2.45) is 5.73 Å². The van der Waals surface area contributed by atoms with Crippen LogP contribution in [0.15, 0.2) is 67.0 Å². The first-order valence-electron chi connectivity index (χ1n) is 5.38. The molecule has 0 aliphatic carbocycles. The number of rotatable bonds is 5. The molecule has 1 amide bonds. The quantitative estimate of drug-likeness (QED) is 0.782. The van der Waals surface area contributed by atoms with Gasteiger partial charge in [-0.2, -0.15) is 0 Å². The zero-order chi connectivity index (χ0) is 13.4. The van der Waals surface area contributed by atoms with Crippen LogP contribution in [-0.2, 0) is 11.3 Å². The van der Waals surface area contributed by atoms with E-state index in [0.29, 0.717) is 5.70 Å². The van der Waals surface area contributed by atoms with Crippen molar-refractivity contribution in [3.8, 4) is 0 Å². The number of nitrogens with two attached hydrogens (primary N) is 1. The number of amides is 1. The molecule has 1 aromatic carbocycles. The van der Waals surface area contributed by atoms with Crippen molar-refractivity contribution in [2.75, 3.05) is 0 Å². The summed E-state index contributed by atoms with van der Waals surface area (Å²) in [6.07, 6.45) is 2.46. The molecule has 4 nitrogen and oxygen atoms in total. The fraction of sp³-hybridized carbons (Fsp3) is 0.0714. The van der Waals surface area contributed by atoms with Crippen LogP contribution in [0.1, 0.15) is 5.56 Å². The molecule has 0 aromatic heterocycles. The summed E-state index contributed by atoms with van der Waals surface area (Å²) in [5, 5.41) is 2.44. The van der Waals surface area contributed by atoms with Crippen LogP contribution in [0.25, 0.3) is 0 Å². The Morgan fingerprint density at radius 2 is 2.06 bits per heavy atom. The molecule has 0 bridgehead atoms. The Bertz CT molecular complexity index is 464. The molecule has 3 N–H and O–H groups in total. The molecular weight excluding hydrogens is 228 g/mol. The Hall–Kier alpha value is -2.49. The molecule has 94 valence electrons. The Morgan fingerprint density at radius 3 is 2.67 bits per heavy atom. The first kappa shape index (κ1) is 13.6. The molecule has 0 heterocycles. The van der Waals surface area contributed by atoms with Gasteiger partial charge in [0.1, 0.15) is 6.61 Å². The van der Waals surface area contributed by atoms with Crippen LogP contribution in [0.5, 0.6) is 0 Å². The third-order valence-corrected chi connectivity index (χ3v) is 2.11. The maximum absolute atomic E-state index is 11.4. The molecule has 0 unspecified atom stereocenters. The highest BCUT2D eigenvalue weighted by Gasteiger charge is 2.05. The Kier molecular flexibility index (Phi) is 5.25. The summed E-state index contributed by atoms with van der Waals surface area (Å²) in [5.41, 5.74) is 7.13. The maximum Gasteiger partial charge on any atom is 0.412 e. The van der Waals surface area contributed by atoms with Gasteiger partial charge < -0.3 is 10.5 Å². The van der Waals surface area contributed by atoms with Gasteiger partial charge in [0.05, 0.1) is 11.4 Å². The van der Waals surface area contributed by atoms with Gasteiger partial charge in [0, 0.05) is 0 Å². The van der Waals surface area contributed by atoms with Crippen LogP contribution < -0.4 is 11.1 Å². The molecule has 0 radical (unpaired) electrons. The van der Waals surface area contributed by atoms with Crippen LogP contribution in [-0.4, -0.2) is 6.09 Å². The van der Waals surface area contributed by atoms with E-state index in [1.165, 1.54) is 6.08 Å². The number of carbonyl (C=O) groups is 1. The highest BCUT2D eigenvalue weighted by Crippen LogP contribution is 2.02. The molecular formula is C14H16N2O2. The lowest BCUT2D eigenvalue weighted by molar-refractivity contribution is 0.142. The second-order valence-electron chi connectivity index (χ2n) is 3.52. The first-order valence-corrected chi connectivity index (χ1v) is 5.38. The minimum Gasteiger partial charge on any atom is -0.444 e. The second kappa shape index (κ2) is 6.96. The number of nitrogens with one attached hydrogen (secondary N) is 1. The lowest BCUT2D eigenvalue weighted by Gasteiger charge is -2.09. The number of hydrogen-bond acceptors (Lipinski definition) is 3. The van der Waals surface area contributed by atoms with E-state index in [4.69, 9.17) is 10.5 Å². The van der Waals surface area contributed by atoms with Gasteiger partial charge in [-0.15, -0.1) is 0 Å². The van der Waals surface area contributed by atoms with Gasteiger partial charge in [-0.05, 0) is 11.6 Å². The lowest BCUT2D eigenvalue weighted by atomic mass is 10.2. The highest BCUT2D eigenvalue weighted by atomic mass is 16.5. The van der Waals surface area contributed by atoms with E-state index in [0.717, 1.165) is 5.56 Å². The topological polar surface area (TPSA) is 64.3 Å². The van der Waals surface area contributed by atoms with Crippen LogP contribution in [0, 0.1) is 0 Å². The highest BCUT2D eigenvalue weighted by molar-refractivity contribution is 5.70. The molecule has 0 saturated carbocycles. The molecule has 0 aliphatic rings. The fourth-order valence-electron chi connectivity index (χ4n) is 1.18. The molecule has 0 spiro atoms. The number of benzene rings is 1. The third-order valence-electron chi connectivity index (χ3n) is 2.11. The molecule has 0 fully saturated rings. The molecule has 4 heteroatoms. The van der Waals surface area contributed by atoms with E-state index >= 15 is 0 Å². The zero-order valence-electron chi connectivity index (χ0n) is 10.1. The van der Waals surface area contributed by atoms with E-state index < -0.39 is 6.09 Å². The summed E-state index contributed by atoms with van der Waals surface area (Å²) in [4.78, 5) is 11.4. The Morgan fingerprint density at radius 1 is 1.39 bits per heavy atom. The summed E-state index contributed by atoms with van der Waals surface area (Å²) in [6, 6.07) is 9.38. The smallest absolute Gasteiger partial charge is 0.412 e. The van der Waals surface area contributed by atoms with Gasteiger partial charge in [0.2, 0.25) is 0 Å². The van der Waals surface area contributed by atoms with Crippen molar-refractivity contribution in [1.82, 2.24) is 5.32 Å². The number of hydrogen-bond donors (Lipinski definition) is 2. The number of alkyl carbamates (subject to hydrolysis) is 1. The number of ether oxygens (including phenoxy) is 1. The third kappa shape index (κ3) is 4.57. The van der Waals surface area contributed by atoms with Crippen LogP contribution in [0.4, 0.5) is 4.79 Å². The van der Waals surface area contributed by atoms with Gasteiger partial charge >= 0.3 is 6.09 Å². The molecule has 0 aliphatic heterocycles. The van der Waals surface area contributed by atoms with Gasteiger partial charge in [0.25, 0.3) is 0 Å². The van der Waals surface area contributed by atoms with Gasteiger partial charge in [-0.25, -0.2) is 4.79 Å². The van der Waals surface area contributed by atoms with E-state index in [1.807, 2.05) is 30.3 Å². The summed E-state index contributed by atoms with van der Waals surface area (Å²) < 4.78 is 5.01. The van der Waals surface area contributed by atoms with Crippen molar-refractivity contribution in [3.05, 3.63) is 72.6 Å². The monoisotopic (exact) mass is 244 g/mol. The summed E-state index contributed by atoms with van der Waals surface area (Å²) in [7, 11) is 0. The molecule has 0 saturated heterocycles. The summed E-state index contributed by atoms with van der Waals surface area (Å²) in [6.45, 7) is 7.31. The van der Waals surface area contributed by atoms with Crippen molar-refractivity contribution in [1.29, 1.82) is 0 Å². The average Bonchev–Trinajstić information content (AvgIpc) is 2.38. The van der Waals surface area contributed by atoms with E-state index in [-0.39, 0.29) is 12.3 Å². The predicted molar refractivity (Wildman–Crippen MR) is 71.4 cm³/mol. The second-order valence-corrected chi connectivity index (χ2v) is 3.52. The van der Waals surface area contributed by atoms with Crippen LogP contribution >= 0.6 is 0 Å². The van der Waals surface area contributed by atoms with E-state index in [2.05, 4.69) is 18.5 Å². The lowest BCUT2D eigenvalue weighted by Crippen LogP contribution is -2.25. The summed E-state index contributed by atoms with van der Waals surface area (Å²) in [5.74, 6) is 0. The summed E-state index contributed by atoms with van der Waals surface area (Å²) >= 11 is 0. The van der Waals surface area contributed by atoms with E-state index in [1.54, 1.807) is 6.08 Å².